The number of rotatable bonds is 6. The van der Waals surface area contributed by atoms with Gasteiger partial charge in [0.1, 0.15) is 81.9 Å². The van der Waals surface area contributed by atoms with Crippen LogP contribution in [0.1, 0.15) is 0 Å². The van der Waals surface area contributed by atoms with Gasteiger partial charge in [0.25, 0.3) is 0 Å². The Labute approximate surface area is 441 Å². The molecule has 0 bridgehead atoms. The molecule has 0 unspecified atom stereocenters. The fourth-order valence-corrected chi connectivity index (χ4v) is 8.62. The van der Waals surface area contributed by atoms with E-state index in [1.807, 2.05) is 0 Å². The predicted octanol–water partition coefficient (Wildman–Crippen LogP) is 9.21. The normalized spacial score (nSPS) is 11.5. The Balaban J connectivity index is 1.69. The summed E-state index contributed by atoms with van der Waals surface area (Å²) in [7, 11) is 0. The van der Waals surface area contributed by atoms with Crippen LogP contribution in [0.3, 0.4) is 0 Å². The molecule has 432 valence electrons. The second-order valence-corrected chi connectivity index (χ2v) is 16.6. The van der Waals surface area contributed by atoms with Gasteiger partial charge in [-0.05, 0) is 32.8 Å². The lowest BCUT2D eigenvalue weighted by Gasteiger charge is -2.29. The summed E-state index contributed by atoms with van der Waals surface area (Å²) < 4.78 is 463. The van der Waals surface area contributed by atoms with Gasteiger partial charge < -0.3 is 9.51 Å². The molecule has 0 aliphatic heterocycles. The van der Waals surface area contributed by atoms with Gasteiger partial charge in [-0.25, -0.2) is 132 Å². The van der Waals surface area contributed by atoms with Crippen molar-refractivity contribution in [3.63, 3.8) is 0 Å². The molecule has 0 aliphatic rings. The van der Waals surface area contributed by atoms with Crippen molar-refractivity contribution in [3.8, 4) is 24.3 Å². The van der Waals surface area contributed by atoms with E-state index in [0.717, 1.165) is 24.3 Å². The van der Waals surface area contributed by atoms with Crippen molar-refractivity contribution in [2.75, 3.05) is 0 Å². The van der Waals surface area contributed by atoms with Gasteiger partial charge in [0, 0.05) is 10.4 Å². The Morgan fingerprint density at radius 3 is 0.464 bits per heavy atom. The van der Waals surface area contributed by atoms with Gasteiger partial charge in [0.05, 0.1) is 0 Å². The van der Waals surface area contributed by atoms with E-state index in [4.69, 9.17) is 0 Å². The highest BCUT2D eigenvalue weighted by Crippen LogP contribution is 2.32. The predicted molar refractivity (Wildman–Crippen MR) is 225 cm³/mol. The first-order valence-corrected chi connectivity index (χ1v) is 21.1. The van der Waals surface area contributed by atoms with Gasteiger partial charge in [-0.3, -0.25) is 0 Å². The topological polar surface area (TPSA) is 56.3 Å². The maximum Gasteiger partial charge on any atom is 0.496 e. The third-order valence-electron chi connectivity index (χ3n) is 12.4. The summed E-state index contributed by atoms with van der Waals surface area (Å²) in [5.41, 5.74) is -23.4. The van der Waals surface area contributed by atoms with E-state index in [0.29, 0.717) is 0 Å². The summed E-state index contributed by atoms with van der Waals surface area (Å²) in [6.07, 6.45) is -13.6. The molecule has 36 heteroatoms. The lowest BCUT2D eigenvalue weighted by molar-refractivity contribution is 0.379. The van der Waals surface area contributed by atoms with E-state index in [-0.39, 0.29) is 24.3 Å². The Hall–Kier alpha value is -9.73. The molecule has 0 heterocycles. The SMILES string of the molecule is N#CC(C#[N+][B-](c1c(F)c(F)c(F)c(F)c1F)(c1c(F)c(F)c(F)c(F)c1F)c1c(F)c(F)c(F)c(F)c1F)=c1ccc(=C(C#N)C#[N+][B-](c2c(F)c(F)c(F)c(F)c2F)(c2c(F)c(F)c(F)c(F)c2F)c2c(F)c(F)c(F)c(F)c2F)cc1. The highest BCUT2D eigenvalue weighted by molar-refractivity contribution is 7.14. The largest absolute Gasteiger partial charge is 0.496 e. The van der Waals surface area contributed by atoms with Crippen LogP contribution < -0.4 is 43.2 Å². The molecule has 0 spiro atoms. The zero-order valence-corrected chi connectivity index (χ0v) is 38.6. The monoisotopic (exact) mass is 1230 g/mol. The molecule has 0 amide bonds. The first-order chi connectivity index (χ1) is 39.1. The van der Waals surface area contributed by atoms with Gasteiger partial charge in [0.15, 0.2) is 116 Å². The van der Waals surface area contributed by atoms with Gasteiger partial charge >= 0.3 is 12.6 Å². The van der Waals surface area contributed by atoms with Crippen molar-refractivity contribution in [2.45, 2.75) is 0 Å². The summed E-state index contributed by atoms with van der Waals surface area (Å²) >= 11 is 0. The molecule has 0 radical (unpaired) electrons. The van der Waals surface area contributed by atoms with E-state index in [1.165, 1.54) is 0 Å². The number of hydrogen-bond acceptors (Lipinski definition) is 2. The van der Waals surface area contributed by atoms with Gasteiger partial charge in [-0.1, -0.05) is 24.3 Å². The van der Waals surface area contributed by atoms with Crippen LogP contribution in [0, 0.1) is 209 Å². The van der Waals surface area contributed by atoms with Gasteiger partial charge in [-0.2, -0.15) is 10.5 Å². The molecule has 0 fully saturated rings. The Morgan fingerprint density at radius 1 is 0.226 bits per heavy atom. The van der Waals surface area contributed by atoms with Crippen molar-refractivity contribution < 1.29 is 132 Å². The molecule has 84 heavy (non-hydrogen) atoms. The average Bonchev–Trinajstić information content (AvgIpc) is 0.935. The van der Waals surface area contributed by atoms with Crippen LogP contribution in [0.5, 0.6) is 0 Å². The highest BCUT2D eigenvalue weighted by atomic mass is 19.2. The molecular formula is C48H4B2F30N4. The lowest BCUT2D eigenvalue weighted by atomic mass is 9.24. The third-order valence-corrected chi connectivity index (χ3v) is 12.4. The molecule has 0 aliphatic carbocycles. The summed E-state index contributed by atoms with van der Waals surface area (Å²) in [6.45, 7) is 0. The zero-order chi connectivity index (χ0) is 63.2. The van der Waals surface area contributed by atoms with Crippen LogP contribution >= 0.6 is 0 Å². The third kappa shape index (κ3) is 8.80. The Bertz CT molecular complexity index is 3700. The smallest absolute Gasteiger partial charge is 0.328 e. The summed E-state index contributed by atoms with van der Waals surface area (Å²) in [4.78, 5) is 0. The molecule has 4 nitrogen and oxygen atoms in total. The van der Waals surface area contributed by atoms with E-state index in [2.05, 4.69) is 9.51 Å². The molecule has 0 saturated carbocycles. The average molecular weight is 1230 g/mol. The van der Waals surface area contributed by atoms with Gasteiger partial charge in [-0.15, -0.1) is 0 Å². The summed E-state index contributed by atoms with van der Waals surface area (Å²) in [6, 6.07) is 4.83. The number of nitriles is 2. The minimum Gasteiger partial charge on any atom is -0.328 e. The second kappa shape index (κ2) is 21.9. The molecule has 7 rings (SSSR count). The molecule has 0 aromatic heterocycles. The maximum atomic E-state index is 16.0. The van der Waals surface area contributed by atoms with Gasteiger partial charge in [0.2, 0.25) is 12.1 Å². The van der Waals surface area contributed by atoms with Crippen LogP contribution in [-0.4, -0.2) is 12.6 Å². The van der Waals surface area contributed by atoms with Crippen molar-refractivity contribution in [2.24, 2.45) is 0 Å². The Kier molecular flexibility index (Phi) is 16.1. The lowest BCUT2D eigenvalue weighted by Crippen LogP contribution is -2.71. The maximum absolute atomic E-state index is 16.0. The molecule has 7 aromatic rings. The molecular weight excluding hydrogens is 1220 g/mol. The van der Waals surface area contributed by atoms with E-state index in [9.17, 15) is 36.9 Å². The summed E-state index contributed by atoms with van der Waals surface area (Å²) in [5, 5.41) is 17.8. The molecule has 0 atom stereocenters. The van der Waals surface area contributed by atoms with Crippen LogP contribution in [0.25, 0.3) is 20.7 Å². The van der Waals surface area contributed by atoms with Crippen LogP contribution in [0.2, 0.25) is 0 Å². The number of hydrogen-bond donors (Lipinski definition) is 0. The highest BCUT2D eigenvalue weighted by Gasteiger charge is 2.61. The first kappa shape index (κ1) is 61.9. The molecule has 7 aromatic carbocycles. The van der Waals surface area contributed by atoms with Crippen LogP contribution in [-0.2, 0) is 0 Å². The zero-order valence-electron chi connectivity index (χ0n) is 38.6. The van der Waals surface area contributed by atoms with Crippen LogP contribution in [0.4, 0.5) is 132 Å². The summed E-state index contributed by atoms with van der Waals surface area (Å²) in [5.74, 6) is -104. The first-order valence-electron chi connectivity index (χ1n) is 21.1. The van der Waals surface area contributed by atoms with Crippen molar-refractivity contribution >= 4 is 56.5 Å². The second-order valence-electron chi connectivity index (χ2n) is 16.6. The number of halogens is 30. The van der Waals surface area contributed by atoms with Crippen molar-refractivity contribution in [3.05, 3.63) is 219 Å². The molecule has 0 saturated heterocycles. The van der Waals surface area contributed by atoms with Crippen LogP contribution in [0.15, 0.2) is 24.3 Å². The minimum absolute atomic E-state index is 0.204. The fourth-order valence-electron chi connectivity index (χ4n) is 8.62. The Morgan fingerprint density at radius 2 is 0.345 bits per heavy atom. The fraction of sp³-hybridized carbons (Fsp3) is 0. The molecule has 0 N–H and O–H groups in total. The van der Waals surface area contributed by atoms with E-state index < -0.39 is 241 Å². The number of benzene rings is 7. The number of nitrogens with zero attached hydrogens (tertiary/aromatic N) is 4. The minimum atomic E-state index is -6.78. The van der Waals surface area contributed by atoms with E-state index >= 15 is 105 Å². The quantitative estimate of drug-likeness (QED) is 0.0723. The van der Waals surface area contributed by atoms with Crippen molar-refractivity contribution in [1.82, 2.24) is 0 Å². The standard InChI is InChI=1S/C48H4B2F30N4/c51-19-13(20(52)32(64)43(75)31(19)63)49(14-21(53)33(65)44(76)34(66)22(14)54,15-23(55)35(67)45(77)36(68)24(15)56)83-7-11(5-81)9-1-2-10(4-3-9)12(6-82)8-84-50(16-25(57)37(69)46(78)38(70)26(16)58,17-27(59)39(71)47(79)40(72)28(17)60)18-29(61)41(73)48(80)42(74)30(18)62/h1-4H. The van der Waals surface area contributed by atoms with Crippen molar-refractivity contribution in [1.29, 1.82) is 10.5 Å². The van der Waals surface area contributed by atoms with E-state index in [1.54, 1.807) is 0 Å².